The number of hydrogen-bond donors (Lipinski definition) is 1. The standard InChI is InChI=1S/C24H26N4O3S/c1-27(2)22-15-11-19(12-16-22)17-25-26-24(29)21-13-9-20(10-14-21)18-28(32(3,30)31)23-7-5-4-6-8-23/h4-17H,18H2,1-3H3,(H,26,29)/b25-17-. The lowest BCUT2D eigenvalue weighted by Gasteiger charge is -2.22. The van der Waals surface area contributed by atoms with Gasteiger partial charge in [-0.25, -0.2) is 13.8 Å². The van der Waals surface area contributed by atoms with E-state index in [0.717, 1.165) is 16.8 Å². The number of carbonyl (C=O) groups is 1. The molecule has 1 N–H and O–H groups in total. The Labute approximate surface area is 189 Å². The van der Waals surface area contributed by atoms with E-state index in [1.54, 1.807) is 54.7 Å². The van der Waals surface area contributed by atoms with Crippen molar-refractivity contribution in [3.05, 3.63) is 95.6 Å². The zero-order valence-electron chi connectivity index (χ0n) is 18.3. The van der Waals surface area contributed by atoms with Gasteiger partial charge in [-0.1, -0.05) is 42.5 Å². The molecule has 0 saturated heterocycles. The summed E-state index contributed by atoms with van der Waals surface area (Å²) in [6, 6.07) is 23.4. The number of rotatable bonds is 8. The Morgan fingerprint density at radius 2 is 1.53 bits per heavy atom. The van der Waals surface area contributed by atoms with Crippen molar-refractivity contribution in [2.24, 2.45) is 5.10 Å². The van der Waals surface area contributed by atoms with Gasteiger partial charge in [0.15, 0.2) is 0 Å². The highest BCUT2D eigenvalue weighted by molar-refractivity contribution is 7.92. The number of sulfonamides is 1. The number of para-hydroxylation sites is 1. The lowest BCUT2D eigenvalue weighted by molar-refractivity contribution is 0.0955. The Morgan fingerprint density at radius 3 is 2.09 bits per heavy atom. The van der Waals surface area contributed by atoms with Gasteiger partial charge in [-0.2, -0.15) is 5.10 Å². The summed E-state index contributed by atoms with van der Waals surface area (Å²) in [5.74, 6) is -0.347. The molecule has 1 amide bonds. The van der Waals surface area contributed by atoms with Gasteiger partial charge in [0, 0.05) is 25.3 Å². The molecule has 0 aliphatic heterocycles. The van der Waals surface area contributed by atoms with Crippen LogP contribution in [0.4, 0.5) is 11.4 Å². The highest BCUT2D eigenvalue weighted by Gasteiger charge is 2.17. The molecule has 0 saturated carbocycles. The first-order valence-corrected chi connectivity index (χ1v) is 11.8. The summed E-state index contributed by atoms with van der Waals surface area (Å²) >= 11 is 0. The van der Waals surface area contributed by atoms with E-state index in [4.69, 9.17) is 0 Å². The summed E-state index contributed by atoms with van der Waals surface area (Å²) < 4.78 is 25.8. The number of benzene rings is 3. The Kier molecular flexibility index (Phi) is 7.27. The van der Waals surface area contributed by atoms with Crippen LogP contribution in [0, 0.1) is 0 Å². The first kappa shape index (κ1) is 23.0. The maximum Gasteiger partial charge on any atom is 0.271 e. The minimum absolute atomic E-state index is 0.172. The second-order valence-electron chi connectivity index (χ2n) is 7.49. The van der Waals surface area contributed by atoms with E-state index in [0.29, 0.717) is 11.3 Å². The van der Waals surface area contributed by atoms with Crippen molar-refractivity contribution in [2.45, 2.75) is 6.54 Å². The summed E-state index contributed by atoms with van der Waals surface area (Å²) in [7, 11) is 0.478. The molecule has 0 atom stereocenters. The van der Waals surface area contributed by atoms with Crippen molar-refractivity contribution in [3.63, 3.8) is 0 Å². The number of nitrogens with zero attached hydrogens (tertiary/aromatic N) is 3. The van der Waals surface area contributed by atoms with Crippen molar-refractivity contribution in [1.29, 1.82) is 0 Å². The van der Waals surface area contributed by atoms with Crippen LogP contribution < -0.4 is 14.6 Å². The van der Waals surface area contributed by atoms with Gasteiger partial charge in [0.25, 0.3) is 5.91 Å². The van der Waals surface area contributed by atoms with E-state index >= 15 is 0 Å². The summed E-state index contributed by atoms with van der Waals surface area (Å²) in [6.07, 6.45) is 2.75. The van der Waals surface area contributed by atoms with Crippen LogP contribution in [0.2, 0.25) is 0 Å². The molecule has 0 spiro atoms. The quantitative estimate of drug-likeness (QED) is 0.421. The molecule has 0 unspecified atom stereocenters. The Morgan fingerprint density at radius 1 is 0.906 bits per heavy atom. The molecule has 7 nitrogen and oxygen atoms in total. The third-order valence-corrected chi connectivity index (χ3v) is 5.92. The van der Waals surface area contributed by atoms with Crippen LogP contribution in [0.15, 0.2) is 84.0 Å². The maximum atomic E-state index is 12.4. The molecule has 0 aliphatic rings. The molecular formula is C24H26N4O3S. The van der Waals surface area contributed by atoms with Crippen molar-refractivity contribution in [3.8, 4) is 0 Å². The smallest absolute Gasteiger partial charge is 0.271 e. The van der Waals surface area contributed by atoms with Crippen LogP contribution in [-0.2, 0) is 16.6 Å². The molecular weight excluding hydrogens is 424 g/mol. The van der Waals surface area contributed by atoms with Gasteiger partial charge < -0.3 is 4.90 Å². The number of nitrogens with one attached hydrogen (secondary N) is 1. The highest BCUT2D eigenvalue weighted by Crippen LogP contribution is 2.20. The van der Waals surface area contributed by atoms with Crippen LogP contribution in [0.25, 0.3) is 0 Å². The van der Waals surface area contributed by atoms with Gasteiger partial charge in [0.1, 0.15) is 0 Å². The molecule has 0 heterocycles. The zero-order valence-corrected chi connectivity index (χ0v) is 19.1. The fourth-order valence-corrected chi connectivity index (χ4v) is 3.90. The molecule has 32 heavy (non-hydrogen) atoms. The number of amides is 1. The molecule has 0 aliphatic carbocycles. The van der Waals surface area contributed by atoms with Crippen molar-refractivity contribution >= 4 is 33.5 Å². The van der Waals surface area contributed by atoms with Crippen molar-refractivity contribution < 1.29 is 13.2 Å². The van der Waals surface area contributed by atoms with E-state index in [9.17, 15) is 13.2 Å². The zero-order chi connectivity index (χ0) is 23.1. The molecule has 0 bridgehead atoms. The normalized spacial score (nSPS) is 11.3. The maximum absolute atomic E-state index is 12.4. The topological polar surface area (TPSA) is 82.1 Å². The van der Waals surface area contributed by atoms with Crippen molar-refractivity contribution in [1.82, 2.24) is 5.43 Å². The molecule has 3 rings (SSSR count). The number of hydrogen-bond acceptors (Lipinski definition) is 5. The first-order valence-electron chi connectivity index (χ1n) is 9.96. The predicted octanol–water partition coefficient (Wildman–Crippen LogP) is 3.48. The van der Waals surface area contributed by atoms with Crippen LogP contribution in [0.5, 0.6) is 0 Å². The van der Waals surface area contributed by atoms with E-state index in [1.807, 2.05) is 49.3 Å². The third kappa shape index (κ3) is 6.18. The SMILES string of the molecule is CN(C)c1ccc(/C=N\NC(=O)c2ccc(CN(c3ccccc3)S(C)(=O)=O)cc2)cc1. The van der Waals surface area contributed by atoms with Gasteiger partial charge in [0.2, 0.25) is 10.0 Å². The third-order valence-electron chi connectivity index (χ3n) is 4.78. The van der Waals surface area contributed by atoms with E-state index < -0.39 is 10.0 Å². The molecule has 0 fully saturated rings. The highest BCUT2D eigenvalue weighted by atomic mass is 32.2. The second-order valence-corrected chi connectivity index (χ2v) is 9.39. The first-order chi connectivity index (χ1) is 15.2. The summed E-state index contributed by atoms with van der Waals surface area (Å²) in [4.78, 5) is 14.4. The summed E-state index contributed by atoms with van der Waals surface area (Å²) in [5.41, 5.74) is 6.24. The van der Waals surface area contributed by atoms with Gasteiger partial charge in [-0.3, -0.25) is 9.10 Å². The Balaban J connectivity index is 1.63. The average Bonchev–Trinajstić information content (AvgIpc) is 2.78. The van der Waals surface area contributed by atoms with Crippen molar-refractivity contribution in [2.75, 3.05) is 29.6 Å². The van der Waals surface area contributed by atoms with E-state index in [1.165, 1.54) is 10.6 Å². The van der Waals surface area contributed by atoms with Crippen LogP contribution >= 0.6 is 0 Å². The molecule has 3 aromatic rings. The monoisotopic (exact) mass is 450 g/mol. The predicted molar refractivity (Wildman–Crippen MR) is 130 cm³/mol. The summed E-state index contributed by atoms with van der Waals surface area (Å²) in [5, 5.41) is 4.01. The van der Waals surface area contributed by atoms with Gasteiger partial charge >= 0.3 is 0 Å². The fraction of sp³-hybridized carbons (Fsp3) is 0.167. The Hall–Kier alpha value is -3.65. The number of carbonyl (C=O) groups excluding carboxylic acids is 1. The largest absolute Gasteiger partial charge is 0.378 e. The van der Waals surface area contributed by atoms with Crippen LogP contribution in [0.3, 0.4) is 0 Å². The molecule has 166 valence electrons. The molecule has 8 heteroatoms. The number of hydrazone groups is 1. The number of anilines is 2. The second kappa shape index (κ2) is 10.1. The van der Waals surface area contributed by atoms with Gasteiger partial charge in [-0.15, -0.1) is 0 Å². The average molecular weight is 451 g/mol. The minimum Gasteiger partial charge on any atom is -0.378 e. The molecule has 0 radical (unpaired) electrons. The van der Waals surface area contributed by atoms with Gasteiger partial charge in [0.05, 0.1) is 24.7 Å². The fourth-order valence-electron chi connectivity index (χ4n) is 3.01. The lowest BCUT2D eigenvalue weighted by atomic mass is 10.1. The van der Waals surface area contributed by atoms with E-state index in [-0.39, 0.29) is 12.5 Å². The van der Waals surface area contributed by atoms with Crippen LogP contribution in [-0.4, -0.2) is 40.9 Å². The van der Waals surface area contributed by atoms with Crippen LogP contribution in [0.1, 0.15) is 21.5 Å². The summed E-state index contributed by atoms with van der Waals surface area (Å²) in [6.45, 7) is 0.172. The van der Waals surface area contributed by atoms with Gasteiger partial charge in [-0.05, 0) is 47.5 Å². The molecule has 3 aromatic carbocycles. The molecule has 0 aromatic heterocycles. The minimum atomic E-state index is -3.46. The lowest BCUT2D eigenvalue weighted by Crippen LogP contribution is -2.29. The Bertz CT molecular complexity index is 1170. The van der Waals surface area contributed by atoms with E-state index in [2.05, 4.69) is 10.5 Å².